The Morgan fingerprint density at radius 2 is 1.90 bits per heavy atom. The van der Waals surface area contributed by atoms with E-state index >= 15 is 0 Å². The Balaban J connectivity index is 2.25. The molecule has 1 saturated heterocycles. The zero-order chi connectivity index (χ0) is 15.0. The monoisotopic (exact) mass is 319 g/mol. The predicted molar refractivity (Wildman–Crippen MR) is 76.3 cm³/mol. The number of sulfonamides is 1. The van der Waals surface area contributed by atoms with Crippen LogP contribution in [0.25, 0.3) is 0 Å². The molecular formula is C11H17N3O4S2. The van der Waals surface area contributed by atoms with Gasteiger partial charge in [-0.3, -0.25) is 5.84 Å². The molecule has 1 atom stereocenters. The van der Waals surface area contributed by atoms with Crippen LogP contribution in [0.3, 0.4) is 0 Å². The number of nitrogens with two attached hydrogens (primary N) is 1. The Bertz CT molecular complexity index is 683. The molecule has 3 N–H and O–H groups in total. The Kier molecular flexibility index (Phi) is 4.05. The van der Waals surface area contributed by atoms with E-state index < -0.39 is 25.9 Å². The first-order valence-electron chi connectivity index (χ1n) is 6.01. The highest BCUT2D eigenvalue weighted by atomic mass is 32.2. The minimum Gasteiger partial charge on any atom is -0.324 e. The molecule has 1 aromatic rings. The van der Waals surface area contributed by atoms with Crippen LogP contribution < -0.4 is 11.3 Å². The van der Waals surface area contributed by atoms with Gasteiger partial charge in [0.2, 0.25) is 10.0 Å². The number of hydrogen-bond donors (Lipinski definition) is 2. The van der Waals surface area contributed by atoms with Gasteiger partial charge < -0.3 is 5.43 Å². The second-order valence-electron chi connectivity index (χ2n) is 4.75. The standard InChI is InChI=1S/C11H17N3O4S2/c1-14(10-6-7-19(15,16)8-10)20(17,18)11-4-2-9(13-12)3-5-11/h2-5,10,13H,6-8,12H2,1H3. The first kappa shape index (κ1) is 15.2. The summed E-state index contributed by atoms with van der Waals surface area (Å²) in [7, 11) is -5.41. The van der Waals surface area contributed by atoms with Gasteiger partial charge in [-0.05, 0) is 30.7 Å². The fraction of sp³-hybridized carbons (Fsp3) is 0.455. The lowest BCUT2D eigenvalue weighted by Crippen LogP contribution is -2.37. The van der Waals surface area contributed by atoms with Gasteiger partial charge in [-0.1, -0.05) is 0 Å². The van der Waals surface area contributed by atoms with E-state index in [0.29, 0.717) is 12.1 Å². The number of benzene rings is 1. The first-order chi connectivity index (χ1) is 9.26. The highest BCUT2D eigenvalue weighted by Gasteiger charge is 2.36. The summed E-state index contributed by atoms with van der Waals surface area (Å²) in [5.74, 6) is 5.14. The molecule has 1 aromatic carbocycles. The van der Waals surface area contributed by atoms with Crippen molar-refractivity contribution in [2.24, 2.45) is 5.84 Å². The lowest BCUT2D eigenvalue weighted by Gasteiger charge is -2.22. The van der Waals surface area contributed by atoms with Crippen molar-refractivity contribution in [2.45, 2.75) is 17.4 Å². The van der Waals surface area contributed by atoms with Gasteiger partial charge in [0.05, 0.1) is 16.4 Å². The van der Waals surface area contributed by atoms with E-state index in [4.69, 9.17) is 5.84 Å². The summed E-state index contributed by atoms with van der Waals surface area (Å²) in [5.41, 5.74) is 3.01. The quantitative estimate of drug-likeness (QED) is 0.586. The third-order valence-corrected chi connectivity index (χ3v) is 7.10. The van der Waals surface area contributed by atoms with Crippen LogP contribution in [0.5, 0.6) is 0 Å². The molecule has 7 nitrogen and oxygen atoms in total. The molecule has 9 heteroatoms. The summed E-state index contributed by atoms with van der Waals surface area (Å²) in [4.78, 5) is 0.114. The topological polar surface area (TPSA) is 110 Å². The van der Waals surface area contributed by atoms with Crippen LogP contribution >= 0.6 is 0 Å². The number of nitrogens with one attached hydrogen (secondary N) is 1. The Hall–Kier alpha value is -1.16. The number of hydrogen-bond acceptors (Lipinski definition) is 6. The third kappa shape index (κ3) is 2.95. The summed E-state index contributed by atoms with van der Waals surface area (Å²) in [6.45, 7) is 0. The SMILES string of the molecule is CN(C1CCS(=O)(=O)C1)S(=O)(=O)c1ccc(NN)cc1. The predicted octanol–water partition coefficient (Wildman–Crippen LogP) is -0.220. The molecule has 1 heterocycles. The fourth-order valence-electron chi connectivity index (χ4n) is 2.15. The third-order valence-electron chi connectivity index (χ3n) is 3.42. The van der Waals surface area contributed by atoms with E-state index in [1.807, 2.05) is 0 Å². The molecule has 0 radical (unpaired) electrons. The Labute approximate surface area is 118 Å². The van der Waals surface area contributed by atoms with Crippen molar-refractivity contribution in [3.63, 3.8) is 0 Å². The maximum Gasteiger partial charge on any atom is 0.243 e. The zero-order valence-electron chi connectivity index (χ0n) is 11.0. The van der Waals surface area contributed by atoms with Crippen LogP contribution in [0, 0.1) is 0 Å². The molecule has 112 valence electrons. The molecule has 2 rings (SSSR count). The maximum absolute atomic E-state index is 12.4. The van der Waals surface area contributed by atoms with Crippen LogP contribution in [-0.4, -0.2) is 45.7 Å². The van der Waals surface area contributed by atoms with Gasteiger partial charge in [-0.15, -0.1) is 0 Å². The van der Waals surface area contributed by atoms with E-state index in [2.05, 4.69) is 5.43 Å². The highest BCUT2D eigenvalue weighted by molar-refractivity contribution is 7.92. The highest BCUT2D eigenvalue weighted by Crippen LogP contribution is 2.24. The Morgan fingerprint density at radius 1 is 1.30 bits per heavy atom. The van der Waals surface area contributed by atoms with Gasteiger partial charge >= 0.3 is 0 Å². The van der Waals surface area contributed by atoms with E-state index in [0.717, 1.165) is 4.31 Å². The molecule has 0 saturated carbocycles. The molecule has 1 fully saturated rings. The van der Waals surface area contributed by atoms with E-state index in [9.17, 15) is 16.8 Å². The fourth-order valence-corrected chi connectivity index (χ4v) is 5.40. The van der Waals surface area contributed by atoms with Gasteiger partial charge in [0.1, 0.15) is 0 Å². The summed E-state index contributed by atoms with van der Waals surface area (Å²) >= 11 is 0. The summed E-state index contributed by atoms with van der Waals surface area (Å²) in [6, 6.07) is 5.46. The van der Waals surface area contributed by atoms with Crippen LogP contribution in [0.4, 0.5) is 5.69 Å². The number of anilines is 1. The van der Waals surface area contributed by atoms with Crippen LogP contribution in [0.15, 0.2) is 29.2 Å². The summed E-state index contributed by atoms with van der Waals surface area (Å²) < 4.78 is 48.9. The average molecular weight is 319 g/mol. The molecule has 0 amide bonds. The lowest BCUT2D eigenvalue weighted by molar-refractivity contribution is 0.394. The van der Waals surface area contributed by atoms with Crippen LogP contribution in [0.1, 0.15) is 6.42 Å². The molecule has 0 bridgehead atoms. The molecule has 1 aliphatic rings. The molecule has 0 aromatic heterocycles. The van der Waals surface area contributed by atoms with Gasteiger partial charge in [0, 0.05) is 18.8 Å². The number of sulfone groups is 1. The second kappa shape index (κ2) is 5.32. The van der Waals surface area contributed by atoms with Gasteiger partial charge in [0.15, 0.2) is 9.84 Å². The largest absolute Gasteiger partial charge is 0.324 e. The number of nitrogens with zero attached hydrogens (tertiary/aromatic N) is 1. The van der Waals surface area contributed by atoms with Crippen molar-refractivity contribution < 1.29 is 16.8 Å². The van der Waals surface area contributed by atoms with Crippen molar-refractivity contribution >= 4 is 25.5 Å². The Morgan fingerprint density at radius 3 is 2.35 bits per heavy atom. The van der Waals surface area contributed by atoms with E-state index in [1.165, 1.54) is 19.2 Å². The number of nitrogen functional groups attached to an aromatic ring is 1. The van der Waals surface area contributed by atoms with Crippen LogP contribution in [0.2, 0.25) is 0 Å². The molecule has 0 spiro atoms. The molecule has 20 heavy (non-hydrogen) atoms. The summed E-state index contributed by atoms with van der Waals surface area (Å²) in [5, 5.41) is 0. The maximum atomic E-state index is 12.4. The number of rotatable bonds is 4. The van der Waals surface area contributed by atoms with Crippen LogP contribution in [-0.2, 0) is 19.9 Å². The normalized spacial score (nSPS) is 22.1. The lowest BCUT2D eigenvalue weighted by atomic mass is 10.3. The van der Waals surface area contributed by atoms with Gasteiger partial charge in [-0.2, -0.15) is 4.31 Å². The first-order valence-corrected chi connectivity index (χ1v) is 9.27. The number of hydrazine groups is 1. The summed E-state index contributed by atoms with van der Waals surface area (Å²) in [6.07, 6.45) is 0.334. The van der Waals surface area contributed by atoms with Crippen molar-refractivity contribution in [3.05, 3.63) is 24.3 Å². The van der Waals surface area contributed by atoms with Crippen molar-refractivity contribution in [3.8, 4) is 0 Å². The van der Waals surface area contributed by atoms with Crippen molar-refractivity contribution in [2.75, 3.05) is 24.0 Å². The van der Waals surface area contributed by atoms with Gasteiger partial charge in [-0.25, -0.2) is 16.8 Å². The molecule has 1 unspecified atom stereocenters. The minimum absolute atomic E-state index is 0.0353. The second-order valence-corrected chi connectivity index (χ2v) is 8.97. The van der Waals surface area contributed by atoms with E-state index in [-0.39, 0.29) is 16.4 Å². The minimum atomic E-state index is -3.70. The van der Waals surface area contributed by atoms with Gasteiger partial charge in [0.25, 0.3) is 0 Å². The zero-order valence-corrected chi connectivity index (χ0v) is 12.6. The average Bonchev–Trinajstić information content (AvgIpc) is 2.78. The van der Waals surface area contributed by atoms with E-state index in [1.54, 1.807) is 12.1 Å². The van der Waals surface area contributed by atoms with Crippen molar-refractivity contribution in [1.82, 2.24) is 4.31 Å². The molecule has 1 aliphatic heterocycles. The smallest absolute Gasteiger partial charge is 0.243 e. The molecule has 0 aliphatic carbocycles. The van der Waals surface area contributed by atoms with Crippen molar-refractivity contribution in [1.29, 1.82) is 0 Å². The molecular weight excluding hydrogens is 302 g/mol.